The predicted molar refractivity (Wildman–Crippen MR) is 78.1 cm³/mol. The Morgan fingerprint density at radius 1 is 1.37 bits per heavy atom. The second kappa shape index (κ2) is 7.25. The summed E-state index contributed by atoms with van der Waals surface area (Å²) in [5, 5.41) is 6.49. The molecule has 0 unspecified atom stereocenters. The lowest BCUT2D eigenvalue weighted by atomic mass is 9.79. The van der Waals surface area contributed by atoms with Crippen LogP contribution in [-0.2, 0) is 9.53 Å². The van der Waals surface area contributed by atoms with E-state index in [2.05, 4.69) is 31.4 Å². The van der Waals surface area contributed by atoms with Crippen LogP contribution in [0.25, 0.3) is 0 Å². The number of hydrogen-bond donors (Lipinski definition) is 2. The van der Waals surface area contributed by atoms with Crippen molar-refractivity contribution in [1.29, 1.82) is 0 Å². The van der Waals surface area contributed by atoms with Gasteiger partial charge in [-0.1, -0.05) is 27.2 Å². The second-order valence-corrected chi connectivity index (χ2v) is 6.65. The molecule has 1 aliphatic rings. The van der Waals surface area contributed by atoms with E-state index in [0.29, 0.717) is 6.42 Å². The van der Waals surface area contributed by atoms with Gasteiger partial charge in [-0.15, -0.1) is 0 Å². The van der Waals surface area contributed by atoms with Crippen LogP contribution >= 0.6 is 0 Å². The Morgan fingerprint density at radius 2 is 2.00 bits per heavy atom. The predicted octanol–water partition coefficient (Wildman–Crippen LogP) is 1.95. The van der Waals surface area contributed by atoms with E-state index >= 15 is 0 Å². The fraction of sp³-hybridized carbons (Fsp3) is 0.933. The van der Waals surface area contributed by atoms with Crippen LogP contribution in [0.4, 0.5) is 0 Å². The highest BCUT2D eigenvalue weighted by atomic mass is 16.5. The van der Waals surface area contributed by atoms with E-state index < -0.39 is 0 Å². The van der Waals surface area contributed by atoms with Gasteiger partial charge >= 0.3 is 0 Å². The summed E-state index contributed by atoms with van der Waals surface area (Å²) in [4.78, 5) is 12.0. The SMILES string of the molecule is CCC(C)(C)CC(=O)NCC1(COC)CCNCC1. The zero-order valence-corrected chi connectivity index (χ0v) is 13.0. The van der Waals surface area contributed by atoms with Crippen molar-refractivity contribution in [1.82, 2.24) is 10.6 Å². The molecule has 1 saturated heterocycles. The molecule has 0 aliphatic carbocycles. The first kappa shape index (κ1) is 16.4. The molecular formula is C15H30N2O2. The van der Waals surface area contributed by atoms with Crippen LogP contribution in [0.2, 0.25) is 0 Å². The summed E-state index contributed by atoms with van der Waals surface area (Å²) in [5.74, 6) is 0.167. The second-order valence-electron chi connectivity index (χ2n) is 6.65. The van der Waals surface area contributed by atoms with Crippen LogP contribution < -0.4 is 10.6 Å². The molecule has 19 heavy (non-hydrogen) atoms. The summed E-state index contributed by atoms with van der Waals surface area (Å²) in [7, 11) is 1.74. The maximum atomic E-state index is 12.0. The van der Waals surface area contributed by atoms with Gasteiger partial charge in [0.2, 0.25) is 5.91 Å². The van der Waals surface area contributed by atoms with E-state index in [9.17, 15) is 4.79 Å². The van der Waals surface area contributed by atoms with Crippen molar-refractivity contribution in [2.24, 2.45) is 10.8 Å². The quantitative estimate of drug-likeness (QED) is 0.743. The van der Waals surface area contributed by atoms with E-state index in [0.717, 1.165) is 45.5 Å². The first-order valence-electron chi connectivity index (χ1n) is 7.39. The van der Waals surface area contributed by atoms with Gasteiger partial charge in [-0.3, -0.25) is 4.79 Å². The zero-order valence-electron chi connectivity index (χ0n) is 13.0. The third kappa shape index (κ3) is 5.49. The normalized spacial score (nSPS) is 19.2. The standard InChI is InChI=1S/C15H30N2O2/c1-5-14(2,3)10-13(18)17-11-15(12-19-4)6-8-16-9-7-15/h16H,5-12H2,1-4H3,(H,17,18). The molecule has 1 fully saturated rings. The van der Waals surface area contributed by atoms with Gasteiger partial charge in [0.1, 0.15) is 0 Å². The van der Waals surface area contributed by atoms with Crippen LogP contribution in [-0.4, -0.2) is 39.3 Å². The molecule has 0 atom stereocenters. The van der Waals surface area contributed by atoms with Crippen molar-refractivity contribution >= 4 is 5.91 Å². The van der Waals surface area contributed by atoms with E-state index in [1.807, 2.05) is 0 Å². The van der Waals surface area contributed by atoms with Crippen molar-refractivity contribution in [3.05, 3.63) is 0 Å². The first-order valence-corrected chi connectivity index (χ1v) is 7.39. The van der Waals surface area contributed by atoms with Gasteiger partial charge in [-0.2, -0.15) is 0 Å². The van der Waals surface area contributed by atoms with Crippen molar-refractivity contribution in [2.45, 2.75) is 46.5 Å². The number of nitrogens with one attached hydrogen (secondary N) is 2. The van der Waals surface area contributed by atoms with Gasteiger partial charge < -0.3 is 15.4 Å². The van der Waals surface area contributed by atoms with Gasteiger partial charge in [0.25, 0.3) is 0 Å². The van der Waals surface area contributed by atoms with Crippen molar-refractivity contribution in [2.75, 3.05) is 33.4 Å². The van der Waals surface area contributed by atoms with Crippen LogP contribution in [0.1, 0.15) is 46.5 Å². The minimum atomic E-state index is 0.0899. The van der Waals surface area contributed by atoms with Crippen LogP contribution in [0.5, 0.6) is 0 Å². The minimum absolute atomic E-state index is 0.0899. The Balaban J connectivity index is 2.45. The maximum Gasteiger partial charge on any atom is 0.220 e. The molecule has 1 rings (SSSR count). The van der Waals surface area contributed by atoms with Crippen LogP contribution in [0.3, 0.4) is 0 Å². The summed E-state index contributed by atoms with van der Waals surface area (Å²) in [5.41, 5.74) is 0.207. The lowest BCUT2D eigenvalue weighted by molar-refractivity contribution is -0.124. The highest BCUT2D eigenvalue weighted by Crippen LogP contribution is 2.29. The molecule has 0 radical (unpaired) electrons. The smallest absolute Gasteiger partial charge is 0.220 e. The van der Waals surface area contributed by atoms with Gasteiger partial charge in [-0.25, -0.2) is 0 Å². The molecule has 1 amide bonds. The highest BCUT2D eigenvalue weighted by molar-refractivity contribution is 5.76. The molecule has 1 heterocycles. The van der Waals surface area contributed by atoms with Gasteiger partial charge in [-0.05, 0) is 31.3 Å². The molecular weight excluding hydrogens is 240 g/mol. The third-order valence-electron chi connectivity index (χ3n) is 4.37. The fourth-order valence-corrected chi connectivity index (χ4v) is 2.54. The van der Waals surface area contributed by atoms with Crippen molar-refractivity contribution < 1.29 is 9.53 Å². The summed E-state index contributed by atoms with van der Waals surface area (Å²) in [6, 6.07) is 0. The Bertz CT molecular complexity index is 278. The van der Waals surface area contributed by atoms with E-state index in [-0.39, 0.29) is 16.7 Å². The van der Waals surface area contributed by atoms with Crippen molar-refractivity contribution in [3.8, 4) is 0 Å². The van der Waals surface area contributed by atoms with Gasteiger partial charge in [0, 0.05) is 25.5 Å². The summed E-state index contributed by atoms with van der Waals surface area (Å²) in [6.07, 6.45) is 3.76. The molecule has 4 nitrogen and oxygen atoms in total. The maximum absolute atomic E-state index is 12.0. The largest absolute Gasteiger partial charge is 0.384 e. The lowest BCUT2D eigenvalue weighted by Crippen LogP contribution is -2.47. The lowest BCUT2D eigenvalue weighted by Gasteiger charge is -2.37. The number of carbonyl (C=O) groups excluding carboxylic acids is 1. The Morgan fingerprint density at radius 3 is 2.53 bits per heavy atom. The third-order valence-corrected chi connectivity index (χ3v) is 4.37. The minimum Gasteiger partial charge on any atom is -0.384 e. The van der Waals surface area contributed by atoms with Gasteiger partial charge in [0.15, 0.2) is 0 Å². The van der Waals surface area contributed by atoms with E-state index in [1.165, 1.54) is 0 Å². The average molecular weight is 270 g/mol. The van der Waals surface area contributed by atoms with E-state index in [4.69, 9.17) is 4.74 Å². The molecule has 0 saturated carbocycles. The number of carbonyl (C=O) groups is 1. The van der Waals surface area contributed by atoms with E-state index in [1.54, 1.807) is 7.11 Å². The van der Waals surface area contributed by atoms with Gasteiger partial charge in [0.05, 0.1) is 6.61 Å². The number of methoxy groups -OCH3 is 1. The summed E-state index contributed by atoms with van der Waals surface area (Å²) < 4.78 is 5.36. The molecule has 2 N–H and O–H groups in total. The molecule has 4 heteroatoms. The summed E-state index contributed by atoms with van der Waals surface area (Å²) in [6.45, 7) is 9.91. The number of amides is 1. The monoisotopic (exact) mass is 270 g/mol. The Labute approximate surface area is 117 Å². The topological polar surface area (TPSA) is 50.4 Å². The molecule has 0 bridgehead atoms. The van der Waals surface area contributed by atoms with Crippen LogP contribution in [0, 0.1) is 10.8 Å². The zero-order chi connectivity index (χ0) is 14.4. The average Bonchev–Trinajstić information content (AvgIpc) is 2.38. The Kier molecular flexibility index (Phi) is 6.27. The number of hydrogen-bond acceptors (Lipinski definition) is 3. The highest BCUT2D eigenvalue weighted by Gasteiger charge is 2.32. The molecule has 1 aliphatic heterocycles. The first-order chi connectivity index (χ1) is 8.93. The molecule has 0 aromatic heterocycles. The number of piperidine rings is 1. The van der Waals surface area contributed by atoms with Crippen LogP contribution in [0.15, 0.2) is 0 Å². The molecule has 0 aromatic rings. The Hall–Kier alpha value is -0.610. The summed E-state index contributed by atoms with van der Waals surface area (Å²) >= 11 is 0. The number of rotatable bonds is 7. The molecule has 0 aromatic carbocycles. The van der Waals surface area contributed by atoms with Crippen molar-refractivity contribution in [3.63, 3.8) is 0 Å². The fourth-order valence-electron chi connectivity index (χ4n) is 2.54. The molecule has 112 valence electrons. The molecule has 0 spiro atoms. The number of ether oxygens (including phenoxy) is 1.